The number of aromatic nitrogens is 2. The van der Waals surface area contributed by atoms with Gasteiger partial charge in [0.1, 0.15) is 11.6 Å². The van der Waals surface area contributed by atoms with E-state index in [1.54, 1.807) is 12.1 Å². The Morgan fingerprint density at radius 3 is 2.59 bits per heavy atom. The highest BCUT2D eigenvalue weighted by Gasteiger charge is 2.21. The van der Waals surface area contributed by atoms with E-state index < -0.39 is 11.2 Å². The van der Waals surface area contributed by atoms with Crippen molar-refractivity contribution in [1.29, 1.82) is 0 Å². The number of benzene rings is 1. The second kappa shape index (κ2) is 7.77. The predicted octanol–water partition coefficient (Wildman–Crippen LogP) is 1.36. The van der Waals surface area contributed by atoms with E-state index in [9.17, 15) is 14.4 Å². The summed E-state index contributed by atoms with van der Waals surface area (Å²) in [6, 6.07) is 12.7. The number of H-pyrrole nitrogens is 1. The molecule has 0 aliphatic rings. The van der Waals surface area contributed by atoms with Gasteiger partial charge in [0.05, 0.1) is 12.8 Å². The predicted molar refractivity (Wildman–Crippen MR) is 102 cm³/mol. The molecule has 27 heavy (non-hydrogen) atoms. The Morgan fingerprint density at radius 2 is 1.93 bits per heavy atom. The number of nitrogens with one attached hydrogen (secondary N) is 1. The molecule has 140 valence electrons. The van der Waals surface area contributed by atoms with E-state index in [0.717, 1.165) is 5.56 Å². The van der Waals surface area contributed by atoms with Crippen molar-refractivity contribution in [3.63, 3.8) is 0 Å². The number of nitrogens with two attached hydrogens (primary N) is 1. The van der Waals surface area contributed by atoms with Crippen LogP contribution in [0.25, 0.3) is 0 Å². The van der Waals surface area contributed by atoms with Crippen molar-refractivity contribution in [2.45, 2.75) is 19.4 Å². The first-order valence-electron chi connectivity index (χ1n) is 8.43. The fourth-order valence-corrected chi connectivity index (χ4v) is 2.80. The van der Waals surface area contributed by atoms with Gasteiger partial charge in [0.25, 0.3) is 5.56 Å². The number of aryl methyl sites for hydroxylation is 1. The topological polar surface area (TPSA) is 114 Å². The number of anilines is 2. The molecule has 0 bridgehead atoms. The number of hydrogen-bond acceptors (Lipinski definition) is 5. The molecular weight excluding hydrogens is 348 g/mol. The number of carbonyl (C=O) groups is 1. The third-order valence-electron chi connectivity index (χ3n) is 4.27. The Bertz CT molecular complexity index is 1040. The van der Waals surface area contributed by atoms with Crippen LogP contribution in [-0.4, -0.2) is 22.5 Å². The van der Waals surface area contributed by atoms with Crippen LogP contribution in [0.4, 0.5) is 11.5 Å². The van der Waals surface area contributed by atoms with Crippen molar-refractivity contribution in [2.24, 2.45) is 0 Å². The van der Waals surface area contributed by atoms with Crippen LogP contribution in [-0.2, 0) is 17.8 Å². The molecule has 0 unspecified atom stereocenters. The molecule has 0 saturated heterocycles. The summed E-state index contributed by atoms with van der Waals surface area (Å²) in [5.41, 5.74) is 5.57. The number of amides is 1. The molecule has 0 fully saturated rings. The number of hydrogen-bond donors (Lipinski definition) is 2. The third kappa shape index (κ3) is 4.00. The van der Waals surface area contributed by atoms with Crippen LogP contribution < -0.4 is 21.9 Å². The number of nitrogens with zero attached hydrogens (tertiary/aromatic N) is 2. The molecule has 0 radical (unpaired) electrons. The van der Waals surface area contributed by atoms with Gasteiger partial charge in [-0.1, -0.05) is 30.3 Å². The number of furan rings is 1. The van der Waals surface area contributed by atoms with E-state index in [2.05, 4.69) is 4.98 Å². The average molecular weight is 368 g/mol. The lowest BCUT2D eigenvalue weighted by atomic mass is 10.2. The van der Waals surface area contributed by atoms with Crippen molar-refractivity contribution in [1.82, 2.24) is 9.55 Å². The van der Waals surface area contributed by atoms with Gasteiger partial charge in [0.2, 0.25) is 5.91 Å². The van der Waals surface area contributed by atoms with E-state index in [1.165, 1.54) is 22.8 Å². The largest absolute Gasteiger partial charge is 0.469 e. The lowest BCUT2D eigenvalue weighted by Crippen LogP contribution is -2.39. The zero-order valence-corrected chi connectivity index (χ0v) is 14.8. The number of rotatable bonds is 6. The number of aromatic amines is 1. The highest BCUT2D eigenvalue weighted by molar-refractivity contribution is 5.95. The Morgan fingerprint density at radius 1 is 1.19 bits per heavy atom. The molecular formula is C19H20N4O4. The summed E-state index contributed by atoms with van der Waals surface area (Å²) < 4.78 is 6.45. The molecule has 0 spiro atoms. The summed E-state index contributed by atoms with van der Waals surface area (Å²) in [6.45, 7) is 0.184. The first-order valence-corrected chi connectivity index (χ1v) is 8.43. The van der Waals surface area contributed by atoms with E-state index in [0.29, 0.717) is 12.2 Å². The number of nitrogen functional groups attached to an aromatic ring is 1. The molecule has 2 aromatic heterocycles. The standard InChI is InChI=1S/C19H20N4O4/c1-22(15(24)10-9-14-8-5-11-27-14)16-17(20)23(19(26)21-18(16)25)12-13-6-3-2-4-7-13/h2-8,11H,9-10,12,20H2,1H3,(H,21,25,26). The molecule has 3 N–H and O–H groups in total. The van der Waals surface area contributed by atoms with Gasteiger partial charge in [-0.3, -0.25) is 19.1 Å². The SMILES string of the molecule is CN(C(=O)CCc1ccco1)c1c(N)n(Cc2ccccc2)c(=O)[nH]c1=O. The maximum atomic E-state index is 12.5. The summed E-state index contributed by atoms with van der Waals surface area (Å²) in [5.74, 6) is 0.308. The Balaban J connectivity index is 1.87. The van der Waals surface area contributed by atoms with Crippen molar-refractivity contribution >= 4 is 17.4 Å². The van der Waals surface area contributed by atoms with Gasteiger partial charge >= 0.3 is 5.69 Å². The van der Waals surface area contributed by atoms with Crippen LogP contribution in [0.1, 0.15) is 17.7 Å². The van der Waals surface area contributed by atoms with Crippen molar-refractivity contribution in [2.75, 3.05) is 17.7 Å². The van der Waals surface area contributed by atoms with Gasteiger partial charge in [-0.15, -0.1) is 0 Å². The molecule has 8 heteroatoms. The second-order valence-corrected chi connectivity index (χ2v) is 6.10. The fourth-order valence-electron chi connectivity index (χ4n) is 2.80. The van der Waals surface area contributed by atoms with Crippen molar-refractivity contribution in [3.8, 4) is 0 Å². The van der Waals surface area contributed by atoms with Crippen molar-refractivity contribution in [3.05, 3.63) is 80.9 Å². The minimum atomic E-state index is -0.698. The molecule has 8 nitrogen and oxygen atoms in total. The Kier molecular flexibility index (Phi) is 5.25. The highest BCUT2D eigenvalue weighted by Crippen LogP contribution is 2.17. The first kappa shape index (κ1) is 18.2. The zero-order valence-electron chi connectivity index (χ0n) is 14.8. The molecule has 0 atom stereocenters. The maximum Gasteiger partial charge on any atom is 0.330 e. The van der Waals surface area contributed by atoms with Gasteiger partial charge < -0.3 is 15.1 Å². The molecule has 3 aromatic rings. The fraction of sp³-hybridized carbons (Fsp3) is 0.211. The summed E-state index contributed by atoms with van der Waals surface area (Å²) >= 11 is 0. The maximum absolute atomic E-state index is 12.5. The van der Waals surface area contributed by atoms with Crippen LogP contribution in [0.5, 0.6) is 0 Å². The lowest BCUT2D eigenvalue weighted by molar-refractivity contribution is -0.118. The minimum Gasteiger partial charge on any atom is -0.469 e. The monoisotopic (exact) mass is 368 g/mol. The van der Waals surface area contributed by atoms with E-state index in [-0.39, 0.29) is 30.4 Å². The van der Waals surface area contributed by atoms with E-state index in [1.807, 2.05) is 30.3 Å². The third-order valence-corrected chi connectivity index (χ3v) is 4.27. The van der Waals surface area contributed by atoms with E-state index >= 15 is 0 Å². The summed E-state index contributed by atoms with van der Waals surface area (Å²) in [7, 11) is 1.46. The molecule has 3 rings (SSSR count). The summed E-state index contributed by atoms with van der Waals surface area (Å²) in [4.78, 5) is 40.4. The molecule has 1 aromatic carbocycles. The number of carbonyl (C=O) groups excluding carboxylic acids is 1. The van der Waals surface area contributed by atoms with E-state index in [4.69, 9.17) is 10.2 Å². The minimum absolute atomic E-state index is 0.0463. The highest BCUT2D eigenvalue weighted by atomic mass is 16.3. The van der Waals surface area contributed by atoms with Crippen LogP contribution >= 0.6 is 0 Å². The van der Waals surface area contributed by atoms with Gasteiger partial charge in [0.15, 0.2) is 5.69 Å². The second-order valence-electron chi connectivity index (χ2n) is 6.10. The zero-order chi connectivity index (χ0) is 19.4. The van der Waals surface area contributed by atoms with Crippen molar-refractivity contribution < 1.29 is 9.21 Å². The molecule has 0 aliphatic carbocycles. The van der Waals surface area contributed by atoms with Crippen LogP contribution in [0.3, 0.4) is 0 Å². The normalized spacial score (nSPS) is 10.7. The summed E-state index contributed by atoms with van der Waals surface area (Å²) in [5, 5.41) is 0. The Labute approximate surface area is 154 Å². The molecule has 0 saturated carbocycles. The van der Waals surface area contributed by atoms with Gasteiger partial charge in [-0.2, -0.15) is 0 Å². The average Bonchev–Trinajstić information content (AvgIpc) is 3.17. The smallest absolute Gasteiger partial charge is 0.330 e. The first-order chi connectivity index (χ1) is 13.0. The molecule has 1 amide bonds. The van der Waals surface area contributed by atoms with Crippen LogP contribution in [0, 0.1) is 0 Å². The quantitative estimate of drug-likeness (QED) is 0.682. The summed E-state index contributed by atoms with van der Waals surface area (Å²) in [6.07, 6.45) is 2.07. The van der Waals surface area contributed by atoms with Crippen LogP contribution in [0.15, 0.2) is 62.7 Å². The molecule has 0 aliphatic heterocycles. The van der Waals surface area contributed by atoms with Crippen LogP contribution in [0.2, 0.25) is 0 Å². The molecule has 2 heterocycles. The van der Waals surface area contributed by atoms with Gasteiger partial charge in [-0.25, -0.2) is 4.79 Å². The van der Waals surface area contributed by atoms with Gasteiger partial charge in [0, 0.05) is 19.9 Å². The Hall–Kier alpha value is -3.55. The van der Waals surface area contributed by atoms with Gasteiger partial charge in [-0.05, 0) is 17.7 Å². The lowest BCUT2D eigenvalue weighted by Gasteiger charge is -2.20.